The second-order valence-electron chi connectivity index (χ2n) is 4.96. The van der Waals surface area contributed by atoms with Crippen molar-refractivity contribution in [3.8, 4) is 5.75 Å². The summed E-state index contributed by atoms with van der Waals surface area (Å²) >= 11 is 0. The molecule has 21 heavy (non-hydrogen) atoms. The number of fused-ring (bicyclic) bond motifs is 1. The molecule has 0 heterocycles. The molecule has 0 unspecified atom stereocenters. The fourth-order valence-corrected chi connectivity index (χ4v) is 2.42. The Morgan fingerprint density at radius 2 is 1.57 bits per heavy atom. The number of aromatic hydroxyl groups is 1. The fraction of sp³-hybridized carbons (Fsp3) is 0.0556. The van der Waals surface area contributed by atoms with E-state index >= 15 is 0 Å². The number of aryl methyl sites for hydroxylation is 1. The van der Waals surface area contributed by atoms with Crippen LogP contribution in [-0.4, -0.2) is 11.0 Å². The highest BCUT2D eigenvalue weighted by Gasteiger charge is 2.12. The van der Waals surface area contributed by atoms with Crippen molar-refractivity contribution in [2.75, 3.05) is 5.32 Å². The van der Waals surface area contributed by atoms with Gasteiger partial charge in [0, 0.05) is 10.9 Å². The van der Waals surface area contributed by atoms with Crippen LogP contribution in [0.5, 0.6) is 5.75 Å². The van der Waals surface area contributed by atoms with Gasteiger partial charge in [0.1, 0.15) is 5.75 Å². The maximum Gasteiger partial charge on any atom is 0.255 e. The first kappa shape index (κ1) is 13.2. The standard InChI is InChI=1S/C18H15NO2/c1-12-11-16(17(20)15-10-6-5-9-14(12)15)19-18(21)13-7-3-2-4-8-13/h2-11,20H,1H3,(H,19,21). The number of rotatable bonds is 2. The molecular weight excluding hydrogens is 262 g/mol. The zero-order valence-electron chi connectivity index (χ0n) is 11.6. The van der Waals surface area contributed by atoms with Crippen LogP contribution in [0.4, 0.5) is 5.69 Å². The van der Waals surface area contributed by atoms with Gasteiger partial charge in [0.05, 0.1) is 5.69 Å². The van der Waals surface area contributed by atoms with E-state index < -0.39 is 0 Å². The number of carbonyl (C=O) groups is 1. The third-order valence-electron chi connectivity index (χ3n) is 3.51. The molecule has 3 nitrogen and oxygen atoms in total. The number of hydrogen-bond donors (Lipinski definition) is 2. The molecule has 1 amide bonds. The third kappa shape index (κ3) is 2.46. The van der Waals surface area contributed by atoms with E-state index in [2.05, 4.69) is 5.32 Å². The zero-order chi connectivity index (χ0) is 14.8. The predicted octanol–water partition coefficient (Wildman–Crippen LogP) is 4.11. The van der Waals surface area contributed by atoms with Crippen molar-refractivity contribution < 1.29 is 9.90 Å². The molecule has 3 heteroatoms. The number of nitrogens with one attached hydrogen (secondary N) is 1. The summed E-state index contributed by atoms with van der Waals surface area (Å²) in [6.45, 7) is 1.96. The molecular formula is C18H15NO2. The molecule has 0 spiro atoms. The average Bonchev–Trinajstić information content (AvgIpc) is 2.53. The Morgan fingerprint density at radius 1 is 0.952 bits per heavy atom. The van der Waals surface area contributed by atoms with Gasteiger partial charge in [-0.3, -0.25) is 4.79 Å². The topological polar surface area (TPSA) is 49.3 Å². The van der Waals surface area contributed by atoms with E-state index in [9.17, 15) is 9.90 Å². The Labute approximate surface area is 122 Å². The quantitative estimate of drug-likeness (QED) is 0.693. The molecule has 0 radical (unpaired) electrons. The van der Waals surface area contributed by atoms with E-state index in [-0.39, 0.29) is 11.7 Å². The van der Waals surface area contributed by atoms with Gasteiger partial charge in [-0.1, -0.05) is 42.5 Å². The number of benzene rings is 3. The Balaban J connectivity index is 2.02. The number of anilines is 1. The molecule has 0 aliphatic rings. The minimum atomic E-state index is -0.236. The molecule has 0 aromatic heterocycles. The van der Waals surface area contributed by atoms with Crippen LogP contribution in [-0.2, 0) is 0 Å². The van der Waals surface area contributed by atoms with Crippen LogP contribution in [0.1, 0.15) is 15.9 Å². The van der Waals surface area contributed by atoms with Gasteiger partial charge in [-0.15, -0.1) is 0 Å². The molecule has 0 atom stereocenters. The fourth-order valence-electron chi connectivity index (χ4n) is 2.42. The zero-order valence-corrected chi connectivity index (χ0v) is 11.6. The number of phenols is 1. The van der Waals surface area contributed by atoms with Crippen molar-refractivity contribution in [2.45, 2.75) is 6.92 Å². The highest BCUT2D eigenvalue weighted by molar-refractivity contribution is 6.07. The van der Waals surface area contributed by atoms with E-state index in [1.807, 2.05) is 37.3 Å². The maximum atomic E-state index is 12.2. The van der Waals surface area contributed by atoms with Crippen LogP contribution in [0.3, 0.4) is 0 Å². The molecule has 104 valence electrons. The lowest BCUT2D eigenvalue weighted by atomic mass is 10.0. The highest BCUT2D eigenvalue weighted by atomic mass is 16.3. The summed E-state index contributed by atoms with van der Waals surface area (Å²) in [4.78, 5) is 12.2. The van der Waals surface area contributed by atoms with Gasteiger partial charge in [-0.05, 0) is 36.1 Å². The molecule has 0 saturated carbocycles. The first-order valence-electron chi connectivity index (χ1n) is 6.74. The Kier molecular flexibility index (Phi) is 3.32. The largest absolute Gasteiger partial charge is 0.505 e. The van der Waals surface area contributed by atoms with Gasteiger partial charge < -0.3 is 10.4 Å². The monoisotopic (exact) mass is 277 g/mol. The van der Waals surface area contributed by atoms with Gasteiger partial charge in [-0.25, -0.2) is 0 Å². The summed E-state index contributed by atoms with van der Waals surface area (Å²) < 4.78 is 0. The normalized spacial score (nSPS) is 10.5. The predicted molar refractivity (Wildman–Crippen MR) is 84.7 cm³/mol. The average molecular weight is 277 g/mol. The first-order valence-corrected chi connectivity index (χ1v) is 6.74. The summed E-state index contributed by atoms with van der Waals surface area (Å²) in [7, 11) is 0. The lowest BCUT2D eigenvalue weighted by Crippen LogP contribution is -2.12. The van der Waals surface area contributed by atoms with Crippen molar-refractivity contribution in [1.29, 1.82) is 0 Å². The maximum absolute atomic E-state index is 12.2. The van der Waals surface area contributed by atoms with Crippen LogP contribution in [0.2, 0.25) is 0 Å². The van der Waals surface area contributed by atoms with Crippen molar-refractivity contribution in [1.82, 2.24) is 0 Å². The summed E-state index contributed by atoms with van der Waals surface area (Å²) in [5.74, 6) is -0.138. The molecule has 3 aromatic carbocycles. The van der Waals surface area contributed by atoms with Gasteiger partial charge in [-0.2, -0.15) is 0 Å². The van der Waals surface area contributed by atoms with E-state index in [4.69, 9.17) is 0 Å². The van der Waals surface area contributed by atoms with Gasteiger partial charge in [0.15, 0.2) is 0 Å². The second-order valence-corrected chi connectivity index (χ2v) is 4.96. The number of phenolic OH excluding ortho intramolecular Hbond substituents is 1. The Morgan fingerprint density at radius 3 is 2.29 bits per heavy atom. The minimum absolute atomic E-state index is 0.0977. The van der Waals surface area contributed by atoms with E-state index in [1.54, 1.807) is 30.3 Å². The van der Waals surface area contributed by atoms with Crippen molar-refractivity contribution >= 4 is 22.4 Å². The van der Waals surface area contributed by atoms with Crippen LogP contribution in [0, 0.1) is 6.92 Å². The van der Waals surface area contributed by atoms with Crippen LogP contribution in [0.15, 0.2) is 60.7 Å². The highest BCUT2D eigenvalue weighted by Crippen LogP contribution is 2.35. The molecule has 0 fully saturated rings. The minimum Gasteiger partial charge on any atom is -0.505 e. The molecule has 3 aromatic rings. The van der Waals surface area contributed by atoms with E-state index in [1.165, 1.54) is 0 Å². The molecule has 3 rings (SSSR count). The smallest absolute Gasteiger partial charge is 0.255 e. The molecule has 2 N–H and O–H groups in total. The molecule has 0 bridgehead atoms. The van der Waals surface area contributed by atoms with Crippen molar-refractivity contribution in [2.24, 2.45) is 0 Å². The van der Waals surface area contributed by atoms with Gasteiger partial charge in [0.2, 0.25) is 0 Å². The number of amides is 1. The van der Waals surface area contributed by atoms with E-state index in [0.717, 1.165) is 16.3 Å². The summed E-state index contributed by atoms with van der Waals surface area (Å²) in [5, 5.41) is 14.8. The summed E-state index contributed by atoms with van der Waals surface area (Å²) in [5.41, 5.74) is 1.99. The van der Waals surface area contributed by atoms with E-state index in [0.29, 0.717) is 11.3 Å². The SMILES string of the molecule is Cc1cc(NC(=O)c2ccccc2)c(O)c2ccccc12. The first-order chi connectivity index (χ1) is 10.2. The Hall–Kier alpha value is -2.81. The van der Waals surface area contributed by atoms with Crippen LogP contribution in [0.25, 0.3) is 10.8 Å². The van der Waals surface area contributed by atoms with Crippen LogP contribution < -0.4 is 5.32 Å². The molecule has 0 saturated heterocycles. The van der Waals surface area contributed by atoms with Crippen molar-refractivity contribution in [3.63, 3.8) is 0 Å². The number of hydrogen-bond acceptors (Lipinski definition) is 2. The summed E-state index contributed by atoms with van der Waals surface area (Å²) in [6, 6.07) is 18.3. The lowest BCUT2D eigenvalue weighted by molar-refractivity contribution is 0.102. The molecule has 0 aliphatic heterocycles. The third-order valence-corrected chi connectivity index (χ3v) is 3.51. The summed E-state index contributed by atoms with van der Waals surface area (Å²) in [6.07, 6.45) is 0. The van der Waals surface area contributed by atoms with Crippen LogP contribution >= 0.6 is 0 Å². The second kappa shape index (κ2) is 5.29. The number of carbonyl (C=O) groups excluding carboxylic acids is 1. The lowest BCUT2D eigenvalue weighted by Gasteiger charge is -2.12. The molecule has 0 aliphatic carbocycles. The van der Waals surface area contributed by atoms with Crippen molar-refractivity contribution in [3.05, 3.63) is 71.8 Å². The Bertz CT molecular complexity index is 810. The van der Waals surface area contributed by atoms with Gasteiger partial charge >= 0.3 is 0 Å². The van der Waals surface area contributed by atoms with Gasteiger partial charge in [0.25, 0.3) is 5.91 Å².